The minimum Gasteiger partial charge on any atom is -0.368 e. The van der Waals surface area contributed by atoms with E-state index in [9.17, 15) is 0 Å². The van der Waals surface area contributed by atoms with Gasteiger partial charge in [0.15, 0.2) is 0 Å². The second kappa shape index (κ2) is 10.1. The van der Waals surface area contributed by atoms with Gasteiger partial charge in [-0.05, 0) is 37.9 Å². The predicted molar refractivity (Wildman–Crippen MR) is 94.7 cm³/mol. The van der Waals surface area contributed by atoms with E-state index in [2.05, 4.69) is 40.5 Å². The SMILES string of the molecule is C=C/C(=C\C/C=C\C)CN(CCC)Cc1cc(Cl)nc(N)n1. The Hall–Kier alpha value is -1.65. The molecule has 0 spiro atoms. The molecule has 0 aromatic carbocycles. The van der Waals surface area contributed by atoms with E-state index in [1.165, 1.54) is 5.57 Å². The number of nitrogens with zero attached hydrogens (tertiary/aromatic N) is 3. The van der Waals surface area contributed by atoms with Crippen molar-refractivity contribution < 1.29 is 0 Å². The summed E-state index contributed by atoms with van der Waals surface area (Å²) in [5.74, 6) is 0.214. The van der Waals surface area contributed by atoms with Crippen LogP contribution in [0.4, 0.5) is 5.95 Å². The fourth-order valence-corrected chi connectivity index (χ4v) is 2.36. The molecule has 0 bridgehead atoms. The van der Waals surface area contributed by atoms with E-state index < -0.39 is 0 Å². The minimum atomic E-state index is 0.214. The highest BCUT2D eigenvalue weighted by atomic mass is 35.5. The Balaban J connectivity index is 2.79. The lowest BCUT2D eigenvalue weighted by Gasteiger charge is -2.22. The number of nitrogen functional groups attached to an aromatic ring is 1. The van der Waals surface area contributed by atoms with Crippen LogP contribution in [0.15, 0.2) is 42.5 Å². The zero-order valence-electron chi connectivity index (χ0n) is 13.4. The molecule has 22 heavy (non-hydrogen) atoms. The van der Waals surface area contributed by atoms with Crippen molar-refractivity contribution in [2.45, 2.75) is 33.2 Å². The molecule has 1 rings (SSSR count). The van der Waals surface area contributed by atoms with E-state index in [1.807, 2.05) is 19.1 Å². The van der Waals surface area contributed by atoms with Crippen molar-refractivity contribution >= 4 is 17.5 Å². The standard InChI is InChI=1S/C17H25ClN4/c1-4-7-8-9-14(6-3)12-22(10-5-2)13-15-11-16(18)21-17(19)20-15/h4,6-7,9,11H,3,5,8,10,12-13H2,1-2H3,(H2,19,20,21)/b7-4-,14-9+. The molecule has 0 saturated carbocycles. The van der Waals surface area contributed by atoms with Gasteiger partial charge in [0.1, 0.15) is 5.15 Å². The molecule has 0 atom stereocenters. The van der Waals surface area contributed by atoms with Crippen LogP contribution >= 0.6 is 11.6 Å². The lowest BCUT2D eigenvalue weighted by atomic mass is 10.2. The lowest BCUT2D eigenvalue weighted by molar-refractivity contribution is 0.287. The van der Waals surface area contributed by atoms with Gasteiger partial charge >= 0.3 is 0 Å². The highest BCUT2D eigenvalue weighted by Gasteiger charge is 2.09. The number of aromatic nitrogens is 2. The molecule has 0 aliphatic rings. The maximum Gasteiger partial charge on any atom is 0.221 e. The summed E-state index contributed by atoms with van der Waals surface area (Å²) in [6, 6.07) is 1.76. The smallest absolute Gasteiger partial charge is 0.221 e. The number of hydrogen-bond acceptors (Lipinski definition) is 4. The van der Waals surface area contributed by atoms with Crippen molar-refractivity contribution in [2.24, 2.45) is 0 Å². The molecule has 0 radical (unpaired) electrons. The van der Waals surface area contributed by atoms with Crippen LogP contribution in [0.2, 0.25) is 5.15 Å². The van der Waals surface area contributed by atoms with Crippen molar-refractivity contribution in [3.63, 3.8) is 0 Å². The summed E-state index contributed by atoms with van der Waals surface area (Å²) in [5.41, 5.74) is 7.70. The summed E-state index contributed by atoms with van der Waals surface area (Å²) in [4.78, 5) is 10.4. The summed E-state index contributed by atoms with van der Waals surface area (Å²) >= 11 is 5.94. The Bertz CT molecular complexity index is 517. The number of nitrogens with two attached hydrogens (primary N) is 1. The summed E-state index contributed by atoms with van der Waals surface area (Å²) in [6.07, 6.45) is 10.3. The van der Waals surface area contributed by atoms with Crippen LogP contribution in [0.1, 0.15) is 32.4 Å². The second-order valence-electron chi connectivity index (χ2n) is 5.04. The van der Waals surface area contributed by atoms with Crippen LogP contribution in [-0.4, -0.2) is 28.0 Å². The van der Waals surface area contributed by atoms with Crippen LogP contribution in [0, 0.1) is 0 Å². The van der Waals surface area contributed by atoms with Gasteiger partial charge in [-0.3, -0.25) is 4.90 Å². The number of halogens is 1. The van der Waals surface area contributed by atoms with Crippen LogP contribution in [0.25, 0.3) is 0 Å². The summed E-state index contributed by atoms with van der Waals surface area (Å²) < 4.78 is 0. The maximum atomic E-state index is 5.94. The van der Waals surface area contributed by atoms with E-state index in [0.29, 0.717) is 11.7 Å². The predicted octanol–water partition coefficient (Wildman–Crippen LogP) is 4.00. The molecule has 0 unspecified atom stereocenters. The largest absolute Gasteiger partial charge is 0.368 e. The molecule has 0 aliphatic carbocycles. The highest BCUT2D eigenvalue weighted by molar-refractivity contribution is 6.29. The second-order valence-corrected chi connectivity index (χ2v) is 5.43. The van der Waals surface area contributed by atoms with Gasteiger partial charge in [0, 0.05) is 13.1 Å². The molecule has 0 aliphatic heterocycles. The molecular formula is C17H25ClN4. The maximum absolute atomic E-state index is 5.94. The zero-order valence-corrected chi connectivity index (χ0v) is 14.2. The third-order valence-corrected chi connectivity index (χ3v) is 3.30. The number of rotatable bonds is 9. The molecule has 120 valence electrons. The summed E-state index contributed by atoms with van der Waals surface area (Å²) in [5, 5.41) is 0.381. The van der Waals surface area contributed by atoms with Gasteiger partial charge in [-0.15, -0.1) is 0 Å². The number of allylic oxidation sites excluding steroid dienone is 3. The van der Waals surface area contributed by atoms with Gasteiger partial charge in [0.25, 0.3) is 0 Å². The summed E-state index contributed by atoms with van der Waals surface area (Å²) in [6.45, 7) is 10.6. The topological polar surface area (TPSA) is 55.0 Å². The Morgan fingerprint density at radius 1 is 1.45 bits per heavy atom. The van der Waals surface area contributed by atoms with Gasteiger partial charge in [-0.1, -0.05) is 49.4 Å². The minimum absolute atomic E-state index is 0.214. The first-order valence-electron chi connectivity index (χ1n) is 7.53. The molecule has 5 heteroatoms. The summed E-state index contributed by atoms with van der Waals surface area (Å²) in [7, 11) is 0. The van der Waals surface area contributed by atoms with Gasteiger partial charge < -0.3 is 5.73 Å². The highest BCUT2D eigenvalue weighted by Crippen LogP contribution is 2.12. The van der Waals surface area contributed by atoms with E-state index >= 15 is 0 Å². The first-order chi connectivity index (χ1) is 10.6. The molecule has 1 aromatic heterocycles. The van der Waals surface area contributed by atoms with Gasteiger partial charge in [0.05, 0.1) is 5.69 Å². The Labute approximate surface area is 138 Å². The van der Waals surface area contributed by atoms with Crippen LogP contribution in [0.5, 0.6) is 0 Å². The third kappa shape index (κ3) is 6.87. The van der Waals surface area contributed by atoms with Crippen molar-refractivity contribution in [3.05, 3.63) is 53.4 Å². The lowest BCUT2D eigenvalue weighted by Crippen LogP contribution is -2.26. The first kappa shape index (κ1) is 18.4. The zero-order chi connectivity index (χ0) is 16.4. The molecule has 1 aromatic rings. The fourth-order valence-electron chi connectivity index (χ4n) is 2.15. The van der Waals surface area contributed by atoms with Crippen molar-refractivity contribution in [2.75, 3.05) is 18.8 Å². The Kier molecular flexibility index (Phi) is 8.48. The molecule has 0 saturated heterocycles. The fraction of sp³-hybridized carbons (Fsp3) is 0.412. The van der Waals surface area contributed by atoms with Gasteiger partial charge in [0.2, 0.25) is 5.95 Å². The molecule has 0 amide bonds. The monoisotopic (exact) mass is 320 g/mol. The van der Waals surface area contributed by atoms with E-state index in [4.69, 9.17) is 17.3 Å². The normalized spacial score (nSPS) is 12.3. The number of hydrogen-bond donors (Lipinski definition) is 1. The molecule has 0 fully saturated rings. The van der Waals surface area contributed by atoms with Gasteiger partial charge in [-0.25, -0.2) is 9.97 Å². The quantitative estimate of drug-likeness (QED) is 0.424. The average molecular weight is 321 g/mol. The Morgan fingerprint density at radius 3 is 2.82 bits per heavy atom. The molecule has 1 heterocycles. The van der Waals surface area contributed by atoms with Crippen molar-refractivity contribution in [1.29, 1.82) is 0 Å². The van der Waals surface area contributed by atoms with E-state index in [0.717, 1.165) is 31.6 Å². The van der Waals surface area contributed by atoms with Gasteiger partial charge in [-0.2, -0.15) is 0 Å². The van der Waals surface area contributed by atoms with Crippen molar-refractivity contribution in [3.8, 4) is 0 Å². The van der Waals surface area contributed by atoms with E-state index in [1.54, 1.807) is 6.07 Å². The van der Waals surface area contributed by atoms with Crippen molar-refractivity contribution in [1.82, 2.24) is 14.9 Å². The Morgan fingerprint density at radius 2 is 2.23 bits per heavy atom. The third-order valence-electron chi connectivity index (χ3n) is 3.11. The van der Waals surface area contributed by atoms with Crippen LogP contribution in [-0.2, 0) is 6.54 Å². The first-order valence-corrected chi connectivity index (χ1v) is 7.90. The van der Waals surface area contributed by atoms with E-state index in [-0.39, 0.29) is 5.95 Å². The molecule has 2 N–H and O–H groups in total. The molecule has 4 nitrogen and oxygen atoms in total. The van der Waals surface area contributed by atoms with Crippen LogP contribution in [0.3, 0.4) is 0 Å². The average Bonchev–Trinajstić information content (AvgIpc) is 2.45. The number of anilines is 1. The molecular weight excluding hydrogens is 296 g/mol. The van der Waals surface area contributed by atoms with Crippen LogP contribution < -0.4 is 5.73 Å².